The summed E-state index contributed by atoms with van der Waals surface area (Å²) in [6, 6.07) is 25.9. The maximum atomic E-state index is 11.2. The maximum Gasteiger partial charge on any atom is 0.159 e. The molecule has 0 bridgehead atoms. The molecular formula is C32H37NO5. The largest absolute Gasteiger partial charge is 0.497 e. The normalized spacial score (nSPS) is 9.42. The summed E-state index contributed by atoms with van der Waals surface area (Å²) >= 11 is 0. The predicted molar refractivity (Wildman–Crippen MR) is 156 cm³/mol. The summed E-state index contributed by atoms with van der Waals surface area (Å²) in [7, 11) is 5.20. The number of hydrogen-bond donors (Lipinski definition) is 1. The van der Waals surface area contributed by atoms with Crippen molar-refractivity contribution < 1.29 is 23.9 Å². The van der Waals surface area contributed by atoms with Crippen LogP contribution >= 0.6 is 0 Å². The van der Waals surface area contributed by atoms with Crippen LogP contribution in [0.3, 0.4) is 0 Å². The van der Waals surface area contributed by atoms with E-state index in [1.807, 2.05) is 67.7 Å². The van der Waals surface area contributed by atoms with Crippen molar-refractivity contribution in [1.82, 2.24) is 0 Å². The third-order valence-corrected chi connectivity index (χ3v) is 5.53. The van der Waals surface area contributed by atoms with Crippen LogP contribution in [0.1, 0.15) is 59.3 Å². The number of fused-ring (bicyclic) bond motifs is 1. The molecule has 0 saturated carbocycles. The lowest BCUT2D eigenvalue weighted by Crippen LogP contribution is -1.95. The maximum absolute atomic E-state index is 11.2. The van der Waals surface area contributed by atoms with Gasteiger partial charge in [-0.3, -0.25) is 14.4 Å². The zero-order valence-corrected chi connectivity index (χ0v) is 22.1. The molecule has 0 atom stereocenters. The summed E-state index contributed by atoms with van der Waals surface area (Å²) in [6.45, 7) is 4.58. The summed E-state index contributed by atoms with van der Waals surface area (Å²) in [4.78, 5) is 32.9. The molecule has 6 heteroatoms. The Hall–Kier alpha value is -4.45. The van der Waals surface area contributed by atoms with Crippen molar-refractivity contribution >= 4 is 33.8 Å². The molecule has 4 rings (SSSR count). The van der Waals surface area contributed by atoms with Gasteiger partial charge in [-0.2, -0.15) is 0 Å². The van der Waals surface area contributed by atoms with Gasteiger partial charge in [0.25, 0.3) is 0 Å². The lowest BCUT2D eigenvalue weighted by atomic mass is 10.0. The van der Waals surface area contributed by atoms with E-state index in [-0.39, 0.29) is 24.8 Å². The van der Waals surface area contributed by atoms with Crippen LogP contribution in [-0.2, 0) is 0 Å². The molecule has 0 saturated heterocycles. The monoisotopic (exact) mass is 515 g/mol. The smallest absolute Gasteiger partial charge is 0.159 e. The van der Waals surface area contributed by atoms with Crippen LogP contribution < -0.4 is 14.8 Å². The molecule has 0 aliphatic rings. The molecule has 0 aliphatic heterocycles. The van der Waals surface area contributed by atoms with E-state index < -0.39 is 0 Å². The Morgan fingerprint density at radius 1 is 0.553 bits per heavy atom. The second kappa shape index (κ2) is 15.6. The van der Waals surface area contributed by atoms with Gasteiger partial charge in [-0.25, -0.2) is 0 Å². The highest BCUT2D eigenvalue weighted by atomic mass is 16.5. The Bertz CT molecular complexity index is 1290. The van der Waals surface area contributed by atoms with E-state index in [0.717, 1.165) is 33.5 Å². The molecule has 0 aromatic heterocycles. The first-order valence-corrected chi connectivity index (χ1v) is 11.7. The van der Waals surface area contributed by atoms with Crippen LogP contribution in [0.5, 0.6) is 11.5 Å². The summed E-state index contributed by atoms with van der Waals surface area (Å²) in [5.74, 6) is 1.85. The zero-order valence-electron chi connectivity index (χ0n) is 22.1. The first kappa shape index (κ1) is 31.6. The number of nitrogens with one attached hydrogen (secondary N) is 1. The standard InChI is InChI=1S/C13H12O2.C10H10O2.C8H11NO.CH4/c1-9(14)10-3-4-12-8-13(15-2)6-5-11(12)7-10;1-7(11)9-3-5-10(6-4-9)8(2)12;1-9-7-3-5-8(10-2)6-4-7;/h3-8H,1-2H3;3-6H,1-2H3;3-6,9H,1-2H3;1H4. The lowest BCUT2D eigenvalue weighted by molar-refractivity contribution is 0.100. The first-order valence-electron chi connectivity index (χ1n) is 11.7. The molecule has 0 radical (unpaired) electrons. The van der Waals surface area contributed by atoms with E-state index in [9.17, 15) is 14.4 Å². The third-order valence-electron chi connectivity index (χ3n) is 5.53. The van der Waals surface area contributed by atoms with Crippen LogP contribution in [0.15, 0.2) is 84.9 Å². The molecule has 6 nitrogen and oxygen atoms in total. The van der Waals surface area contributed by atoms with Crippen LogP contribution in [0.25, 0.3) is 10.8 Å². The molecule has 38 heavy (non-hydrogen) atoms. The highest BCUT2D eigenvalue weighted by Crippen LogP contribution is 2.22. The van der Waals surface area contributed by atoms with Crippen LogP contribution in [0, 0.1) is 0 Å². The average Bonchev–Trinajstić information content (AvgIpc) is 2.93. The van der Waals surface area contributed by atoms with Gasteiger partial charge in [0.05, 0.1) is 14.2 Å². The number of benzene rings is 4. The Morgan fingerprint density at radius 2 is 0.947 bits per heavy atom. The fraction of sp³-hybridized carbons (Fsp3) is 0.219. The van der Waals surface area contributed by atoms with Crippen molar-refractivity contribution in [2.75, 3.05) is 26.6 Å². The molecule has 4 aromatic carbocycles. The quantitative estimate of drug-likeness (QED) is 0.268. The van der Waals surface area contributed by atoms with Gasteiger partial charge >= 0.3 is 0 Å². The summed E-state index contributed by atoms with van der Waals surface area (Å²) in [5, 5.41) is 5.16. The van der Waals surface area contributed by atoms with E-state index >= 15 is 0 Å². The molecule has 0 spiro atoms. The van der Waals surface area contributed by atoms with Crippen molar-refractivity contribution in [3.8, 4) is 11.5 Å². The molecule has 0 heterocycles. The molecule has 1 N–H and O–H groups in total. The van der Waals surface area contributed by atoms with Gasteiger partial charge in [-0.15, -0.1) is 0 Å². The first-order chi connectivity index (χ1) is 17.7. The summed E-state index contributed by atoms with van der Waals surface area (Å²) < 4.78 is 10.1. The second-order valence-corrected chi connectivity index (χ2v) is 8.15. The van der Waals surface area contributed by atoms with E-state index in [1.54, 1.807) is 45.4 Å². The van der Waals surface area contributed by atoms with Gasteiger partial charge < -0.3 is 14.8 Å². The Labute approximate surface area is 225 Å². The highest BCUT2D eigenvalue weighted by Gasteiger charge is 2.02. The van der Waals surface area contributed by atoms with Crippen molar-refractivity contribution in [3.05, 3.63) is 102 Å². The topological polar surface area (TPSA) is 81.7 Å². The molecule has 0 unspecified atom stereocenters. The highest BCUT2D eigenvalue weighted by molar-refractivity contribution is 5.99. The van der Waals surface area contributed by atoms with Gasteiger partial charge in [0.1, 0.15) is 11.5 Å². The fourth-order valence-corrected chi connectivity index (χ4v) is 3.27. The van der Waals surface area contributed by atoms with Crippen molar-refractivity contribution in [3.63, 3.8) is 0 Å². The predicted octanol–water partition coefficient (Wildman–Crippen LogP) is 7.52. The van der Waals surface area contributed by atoms with Crippen molar-refractivity contribution in [1.29, 1.82) is 0 Å². The van der Waals surface area contributed by atoms with Crippen molar-refractivity contribution in [2.24, 2.45) is 0 Å². The summed E-state index contributed by atoms with van der Waals surface area (Å²) in [6.07, 6.45) is 0. The van der Waals surface area contributed by atoms with Crippen molar-refractivity contribution in [2.45, 2.75) is 28.2 Å². The molecule has 200 valence electrons. The number of anilines is 1. The third kappa shape index (κ3) is 9.54. The minimum absolute atomic E-state index is 0. The van der Waals surface area contributed by atoms with E-state index in [4.69, 9.17) is 9.47 Å². The zero-order chi connectivity index (χ0) is 27.4. The molecule has 4 aromatic rings. The Balaban J connectivity index is 0.000000288. The van der Waals surface area contributed by atoms with Gasteiger partial charge in [0.15, 0.2) is 17.3 Å². The lowest BCUT2D eigenvalue weighted by Gasteiger charge is -2.03. The molecule has 0 aliphatic carbocycles. The van der Waals surface area contributed by atoms with E-state index in [0.29, 0.717) is 11.1 Å². The van der Waals surface area contributed by atoms with Crippen LogP contribution in [-0.4, -0.2) is 38.6 Å². The van der Waals surface area contributed by atoms with Gasteiger partial charge in [-0.1, -0.05) is 49.9 Å². The number of ketones is 3. The van der Waals surface area contributed by atoms with Crippen LogP contribution in [0.2, 0.25) is 0 Å². The second-order valence-electron chi connectivity index (χ2n) is 8.15. The molecule has 0 amide bonds. The number of rotatable bonds is 6. The van der Waals surface area contributed by atoms with Crippen LogP contribution in [0.4, 0.5) is 5.69 Å². The van der Waals surface area contributed by atoms with Gasteiger partial charge in [0, 0.05) is 29.4 Å². The average molecular weight is 516 g/mol. The molecular weight excluding hydrogens is 478 g/mol. The van der Waals surface area contributed by atoms with Gasteiger partial charge in [0.2, 0.25) is 0 Å². The number of carbonyl (C=O) groups is 3. The summed E-state index contributed by atoms with van der Waals surface area (Å²) in [5.41, 5.74) is 3.12. The molecule has 0 fully saturated rings. The number of hydrogen-bond acceptors (Lipinski definition) is 6. The number of Topliss-reactive ketones (excluding diaryl/α,β-unsaturated/α-hetero) is 3. The number of carbonyl (C=O) groups excluding carboxylic acids is 3. The van der Waals surface area contributed by atoms with E-state index in [1.165, 1.54) is 13.8 Å². The van der Waals surface area contributed by atoms with Gasteiger partial charge in [-0.05, 0) is 74.0 Å². The minimum atomic E-state index is 0. The number of methoxy groups -OCH3 is 2. The fourth-order valence-electron chi connectivity index (χ4n) is 3.27. The minimum Gasteiger partial charge on any atom is -0.497 e. The Kier molecular flexibility index (Phi) is 13.0. The van der Waals surface area contributed by atoms with E-state index in [2.05, 4.69) is 5.32 Å². The SMILES string of the molecule is C.CC(=O)c1ccc(C(C)=O)cc1.CNc1ccc(OC)cc1.COc1ccc2cc(C(C)=O)ccc2c1. The Morgan fingerprint density at radius 3 is 1.37 bits per heavy atom. The number of ether oxygens (including phenoxy) is 2.